The number of non-ortho nitro benzene ring substituents is 1. The topological polar surface area (TPSA) is 64.4 Å². The largest absolute Gasteiger partial charge is 0.378 e. The van der Waals surface area contributed by atoms with Crippen molar-refractivity contribution < 1.29 is 9.66 Å². The van der Waals surface area contributed by atoms with Crippen molar-refractivity contribution in [1.29, 1.82) is 0 Å². The minimum absolute atomic E-state index is 0.147. The van der Waals surface area contributed by atoms with Gasteiger partial charge in [0.25, 0.3) is 5.69 Å². The first-order chi connectivity index (χ1) is 10.2. The average Bonchev–Trinajstić information content (AvgIpc) is 2.40. The second-order valence-electron chi connectivity index (χ2n) is 6.12. The van der Waals surface area contributed by atoms with Crippen LogP contribution >= 0.6 is 0 Å². The summed E-state index contributed by atoms with van der Waals surface area (Å²) in [5, 5.41) is 14.3. The lowest BCUT2D eigenvalue weighted by atomic mass is 9.51. The standard InChI is InChI=1S/C16H22N2O3/c1-2-21-15-10-14(16(15)8-3-9-16)17-11-12-4-6-13(7-5-12)18(19)20/h4-7,14-15,17H,2-3,8-11H2,1H3. The molecule has 0 heterocycles. The molecule has 2 saturated carbocycles. The number of hydrogen-bond donors (Lipinski definition) is 1. The molecule has 5 heteroatoms. The summed E-state index contributed by atoms with van der Waals surface area (Å²) in [4.78, 5) is 10.3. The molecule has 0 amide bonds. The highest BCUT2D eigenvalue weighted by Crippen LogP contribution is 2.57. The van der Waals surface area contributed by atoms with Gasteiger partial charge in [0, 0.05) is 36.7 Å². The van der Waals surface area contributed by atoms with Crippen LogP contribution in [0.3, 0.4) is 0 Å². The molecule has 114 valence electrons. The van der Waals surface area contributed by atoms with Crippen LogP contribution in [0.15, 0.2) is 24.3 Å². The molecule has 1 aromatic carbocycles. The van der Waals surface area contributed by atoms with Crippen LogP contribution in [-0.2, 0) is 11.3 Å². The fourth-order valence-corrected chi connectivity index (χ4v) is 3.70. The van der Waals surface area contributed by atoms with Crippen LogP contribution in [0.1, 0.15) is 38.2 Å². The van der Waals surface area contributed by atoms with E-state index in [-0.39, 0.29) is 10.6 Å². The van der Waals surface area contributed by atoms with Crippen LogP contribution in [0, 0.1) is 15.5 Å². The maximum atomic E-state index is 10.6. The summed E-state index contributed by atoms with van der Waals surface area (Å²) < 4.78 is 5.84. The summed E-state index contributed by atoms with van der Waals surface area (Å²) in [6, 6.07) is 7.33. The molecule has 2 aliphatic rings. The molecule has 0 radical (unpaired) electrons. The van der Waals surface area contributed by atoms with E-state index in [9.17, 15) is 10.1 Å². The molecule has 1 spiro atoms. The smallest absolute Gasteiger partial charge is 0.269 e. The van der Waals surface area contributed by atoms with Gasteiger partial charge in [-0.1, -0.05) is 18.6 Å². The zero-order chi connectivity index (χ0) is 14.9. The predicted octanol–water partition coefficient (Wildman–Crippen LogP) is 3.03. The van der Waals surface area contributed by atoms with Crippen molar-refractivity contribution in [2.24, 2.45) is 5.41 Å². The maximum Gasteiger partial charge on any atom is 0.269 e. The van der Waals surface area contributed by atoms with Crippen molar-refractivity contribution in [3.8, 4) is 0 Å². The molecule has 5 nitrogen and oxygen atoms in total. The van der Waals surface area contributed by atoms with Crippen molar-refractivity contribution in [3.63, 3.8) is 0 Å². The van der Waals surface area contributed by atoms with E-state index in [1.807, 2.05) is 12.1 Å². The van der Waals surface area contributed by atoms with E-state index in [1.165, 1.54) is 19.3 Å². The molecule has 21 heavy (non-hydrogen) atoms. The fourth-order valence-electron chi connectivity index (χ4n) is 3.70. The number of ether oxygens (including phenoxy) is 1. The van der Waals surface area contributed by atoms with Gasteiger partial charge >= 0.3 is 0 Å². The number of benzene rings is 1. The molecular formula is C16H22N2O3. The summed E-state index contributed by atoms with van der Waals surface area (Å²) in [7, 11) is 0. The quantitative estimate of drug-likeness (QED) is 0.646. The molecule has 1 N–H and O–H groups in total. The van der Waals surface area contributed by atoms with Gasteiger partial charge in [-0.15, -0.1) is 0 Å². The number of rotatable bonds is 6. The molecule has 2 atom stereocenters. The number of nitro benzene ring substituents is 1. The molecule has 2 fully saturated rings. The summed E-state index contributed by atoms with van der Waals surface area (Å²) >= 11 is 0. The molecule has 0 aromatic heterocycles. The maximum absolute atomic E-state index is 10.6. The molecular weight excluding hydrogens is 268 g/mol. The normalized spacial score (nSPS) is 26.1. The molecule has 3 rings (SSSR count). The second kappa shape index (κ2) is 5.73. The van der Waals surface area contributed by atoms with Crippen molar-refractivity contribution in [2.75, 3.05) is 6.61 Å². The van der Waals surface area contributed by atoms with E-state index in [1.54, 1.807) is 12.1 Å². The minimum atomic E-state index is -0.362. The molecule has 1 aromatic rings. The van der Waals surface area contributed by atoms with Crippen LogP contribution in [0.2, 0.25) is 0 Å². The Morgan fingerprint density at radius 3 is 2.62 bits per heavy atom. The van der Waals surface area contributed by atoms with Crippen LogP contribution in [0.5, 0.6) is 0 Å². The monoisotopic (exact) mass is 290 g/mol. The third-order valence-electron chi connectivity index (χ3n) is 5.14. The van der Waals surface area contributed by atoms with E-state index in [2.05, 4.69) is 12.2 Å². The Labute approximate surface area is 124 Å². The summed E-state index contributed by atoms with van der Waals surface area (Å²) in [5.74, 6) is 0. The minimum Gasteiger partial charge on any atom is -0.378 e. The number of nitro groups is 1. The van der Waals surface area contributed by atoms with E-state index >= 15 is 0 Å². The molecule has 0 aliphatic heterocycles. The van der Waals surface area contributed by atoms with Crippen LogP contribution in [0.25, 0.3) is 0 Å². The van der Waals surface area contributed by atoms with Gasteiger partial charge < -0.3 is 10.1 Å². The Morgan fingerprint density at radius 2 is 2.10 bits per heavy atom. The lowest BCUT2D eigenvalue weighted by Crippen LogP contribution is -2.66. The van der Waals surface area contributed by atoms with Crippen molar-refractivity contribution >= 4 is 5.69 Å². The van der Waals surface area contributed by atoms with Gasteiger partial charge in [-0.25, -0.2) is 0 Å². The van der Waals surface area contributed by atoms with Gasteiger partial charge in [0.05, 0.1) is 11.0 Å². The Morgan fingerprint density at radius 1 is 1.38 bits per heavy atom. The molecule has 0 bridgehead atoms. The lowest BCUT2D eigenvalue weighted by molar-refractivity contribution is -0.384. The zero-order valence-corrected chi connectivity index (χ0v) is 12.4. The van der Waals surface area contributed by atoms with E-state index in [0.29, 0.717) is 17.6 Å². The van der Waals surface area contributed by atoms with E-state index in [0.717, 1.165) is 25.1 Å². The van der Waals surface area contributed by atoms with E-state index < -0.39 is 0 Å². The predicted molar refractivity (Wildman–Crippen MR) is 80.0 cm³/mol. The summed E-state index contributed by atoms with van der Waals surface area (Å²) in [6.45, 7) is 3.62. The van der Waals surface area contributed by atoms with Gasteiger partial charge in [0.2, 0.25) is 0 Å². The van der Waals surface area contributed by atoms with Crippen molar-refractivity contribution in [3.05, 3.63) is 39.9 Å². The molecule has 2 aliphatic carbocycles. The van der Waals surface area contributed by atoms with Gasteiger partial charge in [-0.05, 0) is 31.7 Å². The Balaban J connectivity index is 1.55. The van der Waals surface area contributed by atoms with Crippen LogP contribution in [-0.4, -0.2) is 23.7 Å². The van der Waals surface area contributed by atoms with Gasteiger partial charge in [0.15, 0.2) is 0 Å². The SMILES string of the molecule is CCOC1CC(NCc2ccc([N+](=O)[O-])cc2)C12CCC2. The van der Waals surface area contributed by atoms with Crippen LogP contribution < -0.4 is 5.32 Å². The fraction of sp³-hybridized carbons (Fsp3) is 0.625. The highest BCUT2D eigenvalue weighted by molar-refractivity contribution is 5.32. The Hall–Kier alpha value is -1.46. The van der Waals surface area contributed by atoms with Crippen molar-refractivity contribution in [1.82, 2.24) is 5.32 Å². The van der Waals surface area contributed by atoms with Crippen molar-refractivity contribution in [2.45, 2.75) is 51.3 Å². The second-order valence-corrected chi connectivity index (χ2v) is 6.12. The number of nitrogens with one attached hydrogen (secondary N) is 1. The third-order valence-corrected chi connectivity index (χ3v) is 5.14. The highest BCUT2D eigenvalue weighted by Gasteiger charge is 2.58. The molecule has 0 saturated heterocycles. The average molecular weight is 290 g/mol. The first kappa shape index (κ1) is 14.5. The number of nitrogens with zero attached hydrogens (tertiary/aromatic N) is 1. The summed E-state index contributed by atoms with van der Waals surface area (Å²) in [5.41, 5.74) is 1.60. The first-order valence-electron chi connectivity index (χ1n) is 7.74. The Bertz CT molecular complexity index is 511. The number of hydrogen-bond acceptors (Lipinski definition) is 4. The molecule has 2 unspecified atom stereocenters. The third kappa shape index (κ3) is 2.56. The first-order valence-corrected chi connectivity index (χ1v) is 7.74. The van der Waals surface area contributed by atoms with E-state index in [4.69, 9.17) is 4.74 Å². The van der Waals surface area contributed by atoms with Gasteiger partial charge in [0.1, 0.15) is 0 Å². The highest BCUT2D eigenvalue weighted by atomic mass is 16.6. The van der Waals surface area contributed by atoms with Gasteiger partial charge in [-0.3, -0.25) is 10.1 Å². The lowest BCUT2D eigenvalue weighted by Gasteiger charge is -2.61. The van der Waals surface area contributed by atoms with Gasteiger partial charge in [-0.2, -0.15) is 0 Å². The Kier molecular flexibility index (Phi) is 3.95. The zero-order valence-electron chi connectivity index (χ0n) is 12.4. The summed E-state index contributed by atoms with van der Waals surface area (Å²) in [6.07, 6.45) is 5.33. The van der Waals surface area contributed by atoms with Crippen LogP contribution in [0.4, 0.5) is 5.69 Å².